The van der Waals surface area contributed by atoms with Gasteiger partial charge in [0.15, 0.2) is 17.2 Å². The number of rotatable bonds is 2. The fraction of sp³-hybridized carbons (Fsp3) is 0.708. The first-order valence-corrected chi connectivity index (χ1v) is 10.7. The molecule has 4 rings (SSSR count). The van der Waals surface area contributed by atoms with Crippen LogP contribution >= 0.6 is 0 Å². The molecular weight excluding hydrogens is 352 g/mol. The molecule has 0 aromatic rings. The second kappa shape index (κ2) is 6.14. The first-order chi connectivity index (χ1) is 13.0. The molecule has 0 radical (unpaired) electrons. The normalized spacial score (nSPS) is 44.9. The highest BCUT2D eigenvalue weighted by molar-refractivity contribution is 5.92. The van der Waals surface area contributed by atoms with Gasteiger partial charge in [-0.3, -0.25) is 14.4 Å². The van der Waals surface area contributed by atoms with E-state index in [-0.39, 0.29) is 28.4 Å². The molecule has 3 saturated carbocycles. The number of ketones is 2. The largest absolute Gasteiger partial charge is 0.451 e. The van der Waals surface area contributed by atoms with Gasteiger partial charge in [-0.2, -0.15) is 0 Å². The third kappa shape index (κ3) is 2.39. The van der Waals surface area contributed by atoms with Gasteiger partial charge in [-0.1, -0.05) is 26.0 Å². The molecule has 4 aliphatic rings. The molecule has 4 heteroatoms. The minimum absolute atomic E-state index is 0.00184. The Balaban J connectivity index is 1.75. The van der Waals surface area contributed by atoms with Crippen molar-refractivity contribution in [2.24, 2.45) is 28.6 Å². The molecule has 0 unspecified atom stereocenters. The average Bonchev–Trinajstić information content (AvgIpc) is 2.90. The van der Waals surface area contributed by atoms with E-state index < -0.39 is 5.60 Å². The van der Waals surface area contributed by atoms with Gasteiger partial charge in [0.25, 0.3) is 0 Å². The number of Topliss-reactive ketones (excluding diaryl/α,β-unsaturated/α-hetero) is 1. The van der Waals surface area contributed by atoms with E-state index in [2.05, 4.69) is 20.4 Å². The summed E-state index contributed by atoms with van der Waals surface area (Å²) in [5.74, 6) is 1.10. The van der Waals surface area contributed by atoms with Gasteiger partial charge in [0.1, 0.15) is 0 Å². The summed E-state index contributed by atoms with van der Waals surface area (Å²) < 4.78 is 5.82. The first-order valence-electron chi connectivity index (χ1n) is 10.7. The highest BCUT2D eigenvalue weighted by Gasteiger charge is 2.68. The molecule has 0 spiro atoms. The SMILES string of the molecule is C=C1C[C@@H]2[C@@H](CC[C@@]3(C)[C@H]2CC[C@]3(OC(C)=O)C(C)=O)[C@@]2(C)CCC(=O)C=C12. The lowest BCUT2D eigenvalue weighted by Crippen LogP contribution is -2.58. The van der Waals surface area contributed by atoms with Crippen molar-refractivity contribution in [3.63, 3.8) is 0 Å². The lowest BCUT2D eigenvalue weighted by atomic mass is 9.45. The van der Waals surface area contributed by atoms with Crippen LogP contribution in [0.3, 0.4) is 0 Å². The van der Waals surface area contributed by atoms with E-state index in [1.165, 1.54) is 12.5 Å². The molecule has 4 nitrogen and oxygen atoms in total. The number of ether oxygens (including phenoxy) is 1. The monoisotopic (exact) mass is 384 g/mol. The summed E-state index contributed by atoms with van der Waals surface area (Å²) >= 11 is 0. The van der Waals surface area contributed by atoms with Crippen molar-refractivity contribution in [1.82, 2.24) is 0 Å². The number of carbonyl (C=O) groups is 3. The highest BCUT2D eigenvalue weighted by Crippen LogP contribution is 2.68. The number of esters is 1. The maximum Gasteiger partial charge on any atom is 0.303 e. The second-order valence-corrected chi connectivity index (χ2v) is 10.1. The van der Waals surface area contributed by atoms with Crippen LogP contribution in [0.1, 0.15) is 72.6 Å². The van der Waals surface area contributed by atoms with E-state index in [0.717, 1.165) is 37.7 Å². The number of hydrogen-bond acceptors (Lipinski definition) is 4. The summed E-state index contributed by atoms with van der Waals surface area (Å²) in [6.07, 6.45) is 7.66. The molecule has 3 fully saturated rings. The van der Waals surface area contributed by atoms with Gasteiger partial charge >= 0.3 is 5.97 Å². The molecule has 152 valence electrons. The Labute approximate surface area is 167 Å². The van der Waals surface area contributed by atoms with Crippen LogP contribution in [0.4, 0.5) is 0 Å². The fourth-order valence-electron chi connectivity index (χ4n) is 7.63. The molecule has 0 N–H and O–H groups in total. The van der Waals surface area contributed by atoms with Gasteiger partial charge in [-0.05, 0) is 80.3 Å². The molecule has 0 saturated heterocycles. The summed E-state index contributed by atoms with van der Waals surface area (Å²) in [7, 11) is 0. The third-order valence-corrected chi connectivity index (χ3v) is 8.94. The highest BCUT2D eigenvalue weighted by atomic mass is 16.6. The molecular formula is C24H32O4. The molecule has 0 heterocycles. The summed E-state index contributed by atoms with van der Waals surface area (Å²) in [6.45, 7) is 11.8. The van der Waals surface area contributed by atoms with E-state index in [4.69, 9.17) is 4.74 Å². The van der Waals surface area contributed by atoms with Crippen LogP contribution in [-0.2, 0) is 19.1 Å². The average molecular weight is 385 g/mol. The van der Waals surface area contributed by atoms with Crippen molar-refractivity contribution in [2.45, 2.75) is 78.2 Å². The molecule has 28 heavy (non-hydrogen) atoms. The maximum absolute atomic E-state index is 12.8. The van der Waals surface area contributed by atoms with Crippen LogP contribution in [0.25, 0.3) is 0 Å². The Morgan fingerprint density at radius 3 is 2.43 bits per heavy atom. The second-order valence-electron chi connectivity index (χ2n) is 10.1. The molecule has 0 aliphatic heterocycles. The summed E-state index contributed by atoms with van der Waals surface area (Å²) in [5, 5.41) is 0. The van der Waals surface area contributed by atoms with Crippen LogP contribution in [-0.4, -0.2) is 23.1 Å². The quantitative estimate of drug-likeness (QED) is 0.654. The summed E-state index contributed by atoms with van der Waals surface area (Å²) in [5.41, 5.74) is 0.944. The number of carbonyl (C=O) groups excluding carboxylic acids is 3. The topological polar surface area (TPSA) is 60.4 Å². The molecule has 4 aliphatic carbocycles. The Morgan fingerprint density at radius 1 is 1.11 bits per heavy atom. The van der Waals surface area contributed by atoms with Crippen molar-refractivity contribution in [3.8, 4) is 0 Å². The molecule has 0 aromatic carbocycles. The Morgan fingerprint density at radius 2 is 1.79 bits per heavy atom. The van der Waals surface area contributed by atoms with Crippen LogP contribution < -0.4 is 0 Å². The standard InChI is InChI=1S/C24H32O4/c1-14-12-18-19(22(4)9-6-17(27)13-21(14)22)7-10-23(5)20(18)8-11-24(23,15(2)25)28-16(3)26/h13,18-20H,1,6-12H2,2-5H3/t18-,19-,20+,22-,23+,24+/m1/s1. The number of hydrogen-bond donors (Lipinski definition) is 0. The third-order valence-electron chi connectivity index (χ3n) is 8.94. The summed E-state index contributed by atoms with van der Waals surface area (Å²) in [6, 6.07) is 0. The lowest BCUT2D eigenvalue weighted by molar-refractivity contribution is -0.186. The van der Waals surface area contributed by atoms with E-state index >= 15 is 0 Å². The zero-order valence-corrected chi connectivity index (χ0v) is 17.6. The maximum atomic E-state index is 12.8. The fourth-order valence-corrected chi connectivity index (χ4v) is 7.63. The Bertz CT molecular complexity index is 807. The van der Waals surface area contributed by atoms with Gasteiger partial charge in [0.05, 0.1) is 0 Å². The van der Waals surface area contributed by atoms with E-state index in [1.807, 2.05) is 6.08 Å². The molecule has 6 atom stereocenters. The van der Waals surface area contributed by atoms with Crippen LogP contribution in [0.2, 0.25) is 0 Å². The van der Waals surface area contributed by atoms with E-state index in [1.54, 1.807) is 6.92 Å². The Kier molecular flexibility index (Phi) is 4.30. The van der Waals surface area contributed by atoms with Crippen LogP contribution in [0.15, 0.2) is 23.8 Å². The van der Waals surface area contributed by atoms with Crippen LogP contribution in [0.5, 0.6) is 0 Å². The lowest BCUT2D eigenvalue weighted by Gasteiger charge is -2.59. The number of allylic oxidation sites excluding steroid dienone is 2. The van der Waals surface area contributed by atoms with Gasteiger partial charge in [-0.25, -0.2) is 0 Å². The smallest absolute Gasteiger partial charge is 0.303 e. The van der Waals surface area contributed by atoms with Gasteiger partial charge in [0, 0.05) is 18.8 Å². The zero-order valence-electron chi connectivity index (χ0n) is 17.6. The van der Waals surface area contributed by atoms with Crippen LogP contribution in [0, 0.1) is 28.6 Å². The van der Waals surface area contributed by atoms with Gasteiger partial charge in [0.2, 0.25) is 0 Å². The van der Waals surface area contributed by atoms with Crippen molar-refractivity contribution in [2.75, 3.05) is 0 Å². The predicted octanol–water partition coefficient (Wildman–Crippen LogP) is 4.58. The Hall–Kier alpha value is -1.71. The van der Waals surface area contributed by atoms with Crippen molar-refractivity contribution < 1.29 is 19.1 Å². The number of fused-ring (bicyclic) bond motifs is 5. The minimum Gasteiger partial charge on any atom is -0.451 e. The van der Waals surface area contributed by atoms with Crippen molar-refractivity contribution in [3.05, 3.63) is 23.8 Å². The minimum atomic E-state index is -0.991. The van der Waals surface area contributed by atoms with Crippen molar-refractivity contribution in [1.29, 1.82) is 0 Å². The first kappa shape index (κ1) is 19.6. The summed E-state index contributed by atoms with van der Waals surface area (Å²) in [4.78, 5) is 36.7. The molecule has 0 bridgehead atoms. The van der Waals surface area contributed by atoms with E-state index in [0.29, 0.717) is 30.6 Å². The van der Waals surface area contributed by atoms with Gasteiger partial charge in [-0.15, -0.1) is 0 Å². The van der Waals surface area contributed by atoms with Gasteiger partial charge < -0.3 is 4.74 Å². The molecule has 0 amide bonds. The molecule has 0 aromatic heterocycles. The van der Waals surface area contributed by atoms with E-state index in [9.17, 15) is 14.4 Å². The zero-order chi connectivity index (χ0) is 20.5. The predicted molar refractivity (Wildman–Crippen MR) is 106 cm³/mol. The van der Waals surface area contributed by atoms with Crippen molar-refractivity contribution >= 4 is 17.5 Å².